The minimum Gasteiger partial charge on any atom is -0.394 e. The predicted molar refractivity (Wildman–Crippen MR) is 58.9 cm³/mol. The molecule has 18 heavy (non-hydrogen) atoms. The van der Waals surface area contributed by atoms with Crippen LogP contribution < -0.4 is 5.69 Å². The molecule has 1 aliphatic heterocycles. The van der Waals surface area contributed by atoms with Gasteiger partial charge in [-0.2, -0.15) is 0 Å². The van der Waals surface area contributed by atoms with Gasteiger partial charge in [-0.3, -0.25) is 9.55 Å². The first-order valence-electron chi connectivity index (χ1n) is 5.09. The molecule has 0 aliphatic carbocycles. The Morgan fingerprint density at radius 2 is 2.17 bits per heavy atom. The molecular formula is C9H11FN2O5S. The largest absolute Gasteiger partial charge is 0.394 e. The van der Waals surface area contributed by atoms with Crippen LogP contribution in [-0.4, -0.2) is 49.8 Å². The second-order valence-corrected chi connectivity index (χ2v) is 4.28. The zero-order chi connectivity index (χ0) is 13.4. The van der Waals surface area contributed by atoms with Gasteiger partial charge in [-0.15, -0.1) is 0 Å². The van der Waals surface area contributed by atoms with Crippen LogP contribution in [0.4, 0.5) is 4.39 Å². The number of hydrogen-bond acceptors (Lipinski definition) is 6. The zero-order valence-electron chi connectivity index (χ0n) is 8.99. The monoisotopic (exact) mass is 278 g/mol. The van der Waals surface area contributed by atoms with Crippen molar-refractivity contribution in [2.45, 2.75) is 24.5 Å². The molecule has 1 saturated heterocycles. The minimum absolute atomic E-state index is 0.358. The van der Waals surface area contributed by atoms with Crippen molar-refractivity contribution >= 4 is 12.2 Å². The van der Waals surface area contributed by atoms with Crippen LogP contribution in [-0.2, 0) is 4.74 Å². The van der Waals surface area contributed by atoms with E-state index in [9.17, 15) is 19.4 Å². The third kappa shape index (κ3) is 2.10. The number of aromatic amines is 1. The van der Waals surface area contributed by atoms with Gasteiger partial charge in [-0.05, 0) is 0 Å². The van der Waals surface area contributed by atoms with E-state index in [-0.39, 0.29) is 4.64 Å². The van der Waals surface area contributed by atoms with Gasteiger partial charge in [-0.1, -0.05) is 12.2 Å². The summed E-state index contributed by atoms with van der Waals surface area (Å²) < 4.78 is 18.7. The maximum Gasteiger partial charge on any atom is 0.328 e. The lowest BCUT2D eigenvalue weighted by atomic mass is 10.1. The number of H-pyrrole nitrogens is 1. The fourth-order valence-corrected chi connectivity index (χ4v) is 1.90. The van der Waals surface area contributed by atoms with Gasteiger partial charge in [0.05, 0.1) is 12.8 Å². The van der Waals surface area contributed by atoms with Crippen LogP contribution in [0.5, 0.6) is 0 Å². The number of aromatic nitrogens is 2. The van der Waals surface area contributed by atoms with Gasteiger partial charge < -0.3 is 20.1 Å². The van der Waals surface area contributed by atoms with Crippen molar-refractivity contribution in [3.05, 3.63) is 27.1 Å². The smallest absolute Gasteiger partial charge is 0.328 e. The summed E-state index contributed by atoms with van der Waals surface area (Å²) in [4.78, 5) is 13.6. The van der Waals surface area contributed by atoms with Crippen molar-refractivity contribution < 1.29 is 24.4 Å². The van der Waals surface area contributed by atoms with E-state index in [4.69, 9.17) is 9.84 Å². The Morgan fingerprint density at radius 1 is 1.50 bits per heavy atom. The van der Waals surface area contributed by atoms with Gasteiger partial charge in [0.15, 0.2) is 12.0 Å². The number of hydrogen-bond donors (Lipinski definition) is 4. The van der Waals surface area contributed by atoms with Crippen LogP contribution in [0.15, 0.2) is 11.0 Å². The van der Waals surface area contributed by atoms with Gasteiger partial charge in [0.25, 0.3) is 0 Å². The Morgan fingerprint density at radius 3 is 2.72 bits per heavy atom. The quantitative estimate of drug-likeness (QED) is 0.499. The van der Waals surface area contributed by atoms with Crippen molar-refractivity contribution in [2.24, 2.45) is 0 Å². The molecule has 0 aromatic carbocycles. The Bertz CT molecular complexity index is 559. The highest BCUT2D eigenvalue weighted by atomic mass is 32.1. The molecule has 0 amide bonds. The first-order valence-corrected chi connectivity index (χ1v) is 5.50. The van der Waals surface area contributed by atoms with Gasteiger partial charge in [-0.25, -0.2) is 9.18 Å². The molecule has 9 heteroatoms. The molecule has 1 aromatic heterocycles. The van der Waals surface area contributed by atoms with E-state index in [1.54, 1.807) is 0 Å². The number of halogens is 1. The van der Waals surface area contributed by atoms with Gasteiger partial charge in [0.1, 0.15) is 23.0 Å². The fraction of sp³-hybridized carbons (Fsp3) is 0.556. The molecule has 1 fully saturated rings. The van der Waals surface area contributed by atoms with Crippen LogP contribution >= 0.6 is 12.2 Å². The number of ether oxygens (including phenoxy) is 1. The van der Waals surface area contributed by atoms with E-state index in [1.165, 1.54) is 0 Å². The number of aliphatic hydroxyl groups is 3. The van der Waals surface area contributed by atoms with E-state index >= 15 is 0 Å². The SMILES string of the molecule is O=c1[nH]c(=S)c(F)cn1[C@@H]1O[C@H](CO)C(O)[C@@H]1O. The van der Waals surface area contributed by atoms with E-state index in [2.05, 4.69) is 17.2 Å². The summed E-state index contributed by atoms with van der Waals surface area (Å²) in [6.45, 7) is -0.533. The van der Waals surface area contributed by atoms with E-state index in [0.717, 1.165) is 10.8 Å². The maximum atomic E-state index is 13.3. The van der Waals surface area contributed by atoms with Crippen LogP contribution in [0.25, 0.3) is 0 Å². The summed E-state index contributed by atoms with van der Waals surface area (Å²) in [7, 11) is 0. The lowest BCUT2D eigenvalue weighted by molar-refractivity contribution is -0.0554. The molecule has 7 nitrogen and oxygen atoms in total. The summed E-state index contributed by atoms with van der Waals surface area (Å²) >= 11 is 4.54. The first kappa shape index (κ1) is 13.3. The molecule has 4 N–H and O–H groups in total. The Kier molecular flexibility index (Phi) is 3.59. The predicted octanol–water partition coefficient (Wildman–Crippen LogP) is -1.34. The molecular weight excluding hydrogens is 267 g/mol. The molecule has 0 bridgehead atoms. The summed E-state index contributed by atoms with van der Waals surface area (Å²) in [5.41, 5.74) is -0.781. The second kappa shape index (κ2) is 4.86. The average Bonchev–Trinajstić information content (AvgIpc) is 2.61. The van der Waals surface area contributed by atoms with Crippen LogP contribution in [0.3, 0.4) is 0 Å². The molecule has 1 aromatic rings. The highest BCUT2D eigenvalue weighted by molar-refractivity contribution is 7.71. The molecule has 100 valence electrons. The molecule has 0 spiro atoms. The van der Waals surface area contributed by atoms with Crippen molar-refractivity contribution in [2.75, 3.05) is 6.61 Å². The van der Waals surface area contributed by atoms with Crippen molar-refractivity contribution in [3.63, 3.8) is 0 Å². The van der Waals surface area contributed by atoms with E-state index in [1.807, 2.05) is 0 Å². The molecule has 2 heterocycles. The maximum absolute atomic E-state index is 13.3. The zero-order valence-corrected chi connectivity index (χ0v) is 9.80. The lowest BCUT2D eigenvalue weighted by Gasteiger charge is -2.17. The Balaban J connectivity index is 2.42. The van der Waals surface area contributed by atoms with Crippen molar-refractivity contribution in [1.82, 2.24) is 9.55 Å². The summed E-state index contributed by atoms with van der Waals surface area (Å²) in [6, 6.07) is 0. The molecule has 4 atom stereocenters. The second-order valence-electron chi connectivity index (χ2n) is 3.87. The van der Waals surface area contributed by atoms with Crippen molar-refractivity contribution in [1.29, 1.82) is 0 Å². The third-order valence-electron chi connectivity index (χ3n) is 2.72. The van der Waals surface area contributed by atoms with Crippen LogP contribution in [0, 0.1) is 10.5 Å². The van der Waals surface area contributed by atoms with E-state index in [0.29, 0.717) is 0 Å². The molecule has 0 radical (unpaired) electrons. The number of aliphatic hydroxyl groups excluding tert-OH is 3. The number of nitrogens with one attached hydrogen (secondary N) is 1. The van der Waals surface area contributed by atoms with Gasteiger partial charge in [0, 0.05) is 0 Å². The highest BCUT2D eigenvalue weighted by Gasteiger charge is 2.43. The van der Waals surface area contributed by atoms with Gasteiger partial charge >= 0.3 is 5.69 Å². The fourth-order valence-electron chi connectivity index (χ4n) is 1.76. The number of rotatable bonds is 2. The minimum atomic E-state index is -1.45. The Hall–Kier alpha value is -1.13. The Labute approximate surface area is 105 Å². The van der Waals surface area contributed by atoms with Crippen LogP contribution in [0.1, 0.15) is 6.23 Å². The molecule has 1 unspecified atom stereocenters. The highest BCUT2D eigenvalue weighted by Crippen LogP contribution is 2.28. The normalized spacial score (nSPS) is 31.8. The number of nitrogens with zero attached hydrogens (tertiary/aromatic N) is 1. The standard InChI is InChI=1S/C9H11FN2O5S/c10-3-1-12(9(16)11-7(3)18)8-6(15)5(14)4(2-13)17-8/h1,4-6,8,13-15H,2H2,(H,11,16,18)/t4-,5?,6+,8-/m1/s1. The summed E-state index contributed by atoms with van der Waals surface area (Å²) in [6.07, 6.45) is -4.36. The van der Waals surface area contributed by atoms with Crippen molar-refractivity contribution in [3.8, 4) is 0 Å². The van der Waals surface area contributed by atoms with E-state index < -0.39 is 42.7 Å². The molecule has 1 aliphatic rings. The average molecular weight is 278 g/mol. The molecule has 0 saturated carbocycles. The summed E-state index contributed by atoms with van der Waals surface area (Å²) in [5.74, 6) is -0.859. The van der Waals surface area contributed by atoms with Gasteiger partial charge in [0.2, 0.25) is 0 Å². The topological polar surface area (TPSA) is 108 Å². The third-order valence-corrected chi connectivity index (χ3v) is 3.01. The summed E-state index contributed by atoms with van der Waals surface area (Å²) in [5, 5.41) is 28.1. The lowest BCUT2D eigenvalue weighted by Crippen LogP contribution is -2.36. The first-order chi connectivity index (χ1) is 8.45. The molecule has 2 rings (SSSR count). The van der Waals surface area contributed by atoms with Crippen LogP contribution in [0.2, 0.25) is 0 Å².